The average molecular weight is 259 g/mol. The van der Waals surface area contributed by atoms with Crippen molar-refractivity contribution < 1.29 is 9.53 Å². The Balaban J connectivity index is 1.94. The topological polar surface area (TPSA) is 29.5 Å². The van der Waals surface area contributed by atoms with Gasteiger partial charge in [0.1, 0.15) is 5.60 Å². The van der Waals surface area contributed by atoms with Gasteiger partial charge in [-0.05, 0) is 45.2 Å². The Labute approximate surface area is 114 Å². The molecule has 1 saturated carbocycles. The second-order valence-corrected chi connectivity index (χ2v) is 6.51. The minimum atomic E-state index is -0.442. The lowest BCUT2D eigenvalue weighted by molar-refractivity contribution is 0.0568. The summed E-state index contributed by atoms with van der Waals surface area (Å²) in [6, 6.07) is 8.55. The van der Waals surface area contributed by atoms with Crippen LogP contribution in [0.2, 0.25) is 0 Å². The van der Waals surface area contributed by atoms with Gasteiger partial charge in [0.25, 0.3) is 0 Å². The normalized spacial score (nSPS) is 25.1. The molecule has 2 atom stereocenters. The number of para-hydroxylation sites is 1. The van der Waals surface area contributed by atoms with E-state index < -0.39 is 5.60 Å². The van der Waals surface area contributed by atoms with Crippen molar-refractivity contribution in [3.63, 3.8) is 0 Å². The van der Waals surface area contributed by atoms with Crippen molar-refractivity contribution in [3.8, 4) is 0 Å². The molecule has 102 valence electrons. The zero-order valence-corrected chi connectivity index (χ0v) is 11.8. The molecule has 1 aliphatic heterocycles. The van der Waals surface area contributed by atoms with Crippen molar-refractivity contribution >= 4 is 11.8 Å². The quantitative estimate of drug-likeness (QED) is 0.702. The van der Waals surface area contributed by atoms with Crippen LogP contribution in [0.25, 0.3) is 0 Å². The summed E-state index contributed by atoms with van der Waals surface area (Å²) in [7, 11) is 0. The van der Waals surface area contributed by atoms with Crippen LogP contribution in [0.4, 0.5) is 10.5 Å². The predicted octanol–water partition coefficient (Wildman–Crippen LogP) is 4.08. The summed E-state index contributed by atoms with van der Waals surface area (Å²) in [4.78, 5) is 14.4. The van der Waals surface area contributed by atoms with E-state index >= 15 is 0 Å². The molecule has 3 heteroatoms. The minimum absolute atomic E-state index is 0.200. The first-order valence-electron chi connectivity index (χ1n) is 7.08. The molecular weight excluding hydrogens is 238 g/mol. The summed E-state index contributed by atoms with van der Waals surface area (Å²) in [6.07, 6.45) is 3.26. The fourth-order valence-corrected chi connectivity index (χ4v) is 3.36. The molecule has 3 rings (SSSR count). The number of hydrogen-bond donors (Lipinski definition) is 0. The highest BCUT2D eigenvalue weighted by molar-refractivity contribution is 5.92. The van der Waals surface area contributed by atoms with Gasteiger partial charge in [-0.25, -0.2) is 4.79 Å². The van der Waals surface area contributed by atoms with Gasteiger partial charge in [-0.15, -0.1) is 0 Å². The van der Waals surface area contributed by atoms with E-state index in [1.165, 1.54) is 18.4 Å². The first-order chi connectivity index (χ1) is 8.97. The monoisotopic (exact) mass is 259 g/mol. The highest BCUT2D eigenvalue weighted by Crippen LogP contribution is 2.49. The summed E-state index contributed by atoms with van der Waals surface area (Å²) in [5.74, 6) is 0.503. The number of carbonyl (C=O) groups excluding carboxylic acids is 1. The zero-order valence-electron chi connectivity index (χ0n) is 11.8. The molecule has 0 N–H and O–H groups in total. The molecule has 0 bridgehead atoms. The number of anilines is 1. The lowest BCUT2D eigenvalue weighted by atomic mass is 9.98. The second kappa shape index (κ2) is 4.26. The molecular formula is C16H21NO2. The third-order valence-electron chi connectivity index (χ3n) is 4.00. The lowest BCUT2D eigenvalue weighted by Gasteiger charge is -2.28. The van der Waals surface area contributed by atoms with Gasteiger partial charge in [0.05, 0.1) is 5.69 Å². The first kappa shape index (κ1) is 12.5. The van der Waals surface area contributed by atoms with Crippen molar-refractivity contribution in [1.82, 2.24) is 0 Å². The van der Waals surface area contributed by atoms with Gasteiger partial charge in [0, 0.05) is 12.0 Å². The summed E-state index contributed by atoms with van der Waals surface area (Å²) < 4.78 is 5.57. The molecule has 1 aliphatic carbocycles. The van der Waals surface area contributed by atoms with Crippen LogP contribution >= 0.6 is 0 Å². The van der Waals surface area contributed by atoms with Crippen LogP contribution in [0, 0.1) is 0 Å². The zero-order chi connectivity index (χ0) is 13.6. The minimum Gasteiger partial charge on any atom is -0.443 e. The van der Waals surface area contributed by atoms with E-state index in [0.29, 0.717) is 12.0 Å². The molecule has 19 heavy (non-hydrogen) atoms. The van der Waals surface area contributed by atoms with Gasteiger partial charge >= 0.3 is 6.09 Å². The molecule has 1 amide bonds. The van der Waals surface area contributed by atoms with Gasteiger partial charge in [0.15, 0.2) is 0 Å². The molecule has 3 nitrogen and oxygen atoms in total. The summed E-state index contributed by atoms with van der Waals surface area (Å²) in [5, 5.41) is 0. The predicted molar refractivity (Wildman–Crippen MR) is 75.5 cm³/mol. The number of nitrogens with zero attached hydrogens (tertiary/aromatic N) is 1. The van der Waals surface area contributed by atoms with Crippen molar-refractivity contribution in [3.05, 3.63) is 29.8 Å². The Kier molecular flexibility index (Phi) is 2.80. The number of rotatable bonds is 0. The van der Waals surface area contributed by atoms with Crippen molar-refractivity contribution in [2.75, 3.05) is 4.90 Å². The van der Waals surface area contributed by atoms with E-state index in [1.807, 2.05) is 37.8 Å². The Morgan fingerprint density at radius 1 is 1.26 bits per heavy atom. The molecule has 0 spiro atoms. The molecule has 0 aromatic heterocycles. The maximum absolute atomic E-state index is 12.5. The Bertz CT molecular complexity index is 504. The molecule has 0 unspecified atom stereocenters. The maximum atomic E-state index is 12.5. The number of hydrogen-bond acceptors (Lipinski definition) is 2. The summed E-state index contributed by atoms with van der Waals surface area (Å²) in [5.41, 5.74) is 1.92. The van der Waals surface area contributed by atoms with Gasteiger partial charge in [0.2, 0.25) is 0 Å². The van der Waals surface area contributed by atoms with Crippen LogP contribution in [0.1, 0.15) is 51.5 Å². The average Bonchev–Trinajstić information content (AvgIpc) is 2.85. The van der Waals surface area contributed by atoms with Crippen molar-refractivity contribution in [2.45, 2.75) is 57.6 Å². The Morgan fingerprint density at radius 3 is 2.74 bits per heavy atom. The van der Waals surface area contributed by atoms with E-state index in [0.717, 1.165) is 12.1 Å². The molecule has 2 aliphatic rings. The van der Waals surface area contributed by atoms with E-state index in [2.05, 4.69) is 12.1 Å². The standard InChI is InChI=1S/C16H21NO2/c1-16(2,3)19-15(18)17-13-9-5-4-7-11(13)12-8-6-10-14(12)17/h4-5,7,9,12,14H,6,8,10H2,1-3H3/t12-,14+/m1/s1. The third-order valence-corrected chi connectivity index (χ3v) is 4.00. The molecule has 1 aromatic rings. The highest BCUT2D eigenvalue weighted by atomic mass is 16.6. The SMILES string of the molecule is CC(C)(C)OC(=O)N1c2ccccc2[C@H]2CCC[C@@H]21. The third kappa shape index (κ3) is 2.11. The number of carbonyl (C=O) groups is 1. The van der Waals surface area contributed by atoms with Crippen LogP contribution in [0.5, 0.6) is 0 Å². The van der Waals surface area contributed by atoms with Crippen molar-refractivity contribution in [2.24, 2.45) is 0 Å². The number of ether oxygens (including phenoxy) is 1. The van der Waals surface area contributed by atoms with Gasteiger partial charge in [-0.1, -0.05) is 24.6 Å². The van der Waals surface area contributed by atoms with E-state index in [9.17, 15) is 4.79 Å². The second-order valence-electron chi connectivity index (χ2n) is 6.51. The number of amides is 1. The molecule has 1 heterocycles. The van der Waals surface area contributed by atoms with Crippen LogP contribution in [-0.2, 0) is 4.74 Å². The van der Waals surface area contributed by atoms with Crippen LogP contribution in [0.3, 0.4) is 0 Å². The molecule has 1 fully saturated rings. The summed E-state index contributed by atoms with van der Waals surface area (Å²) >= 11 is 0. The number of benzene rings is 1. The molecule has 1 aromatic carbocycles. The van der Waals surface area contributed by atoms with Crippen LogP contribution < -0.4 is 4.90 Å². The van der Waals surface area contributed by atoms with Crippen molar-refractivity contribution in [1.29, 1.82) is 0 Å². The fraction of sp³-hybridized carbons (Fsp3) is 0.562. The fourth-order valence-electron chi connectivity index (χ4n) is 3.36. The smallest absolute Gasteiger partial charge is 0.415 e. The Morgan fingerprint density at radius 2 is 2.00 bits per heavy atom. The highest BCUT2D eigenvalue weighted by Gasteiger charge is 2.45. The lowest BCUT2D eigenvalue weighted by Crippen LogP contribution is -2.41. The summed E-state index contributed by atoms with van der Waals surface area (Å²) in [6.45, 7) is 5.75. The maximum Gasteiger partial charge on any atom is 0.415 e. The number of fused-ring (bicyclic) bond motifs is 3. The van der Waals surface area contributed by atoms with Gasteiger partial charge in [-0.2, -0.15) is 0 Å². The molecule has 0 saturated heterocycles. The van der Waals surface area contributed by atoms with Crippen LogP contribution in [-0.4, -0.2) is 17.7 Å². The largest absolute Gasteiger partial charge is 0.443 e. The van der Waals surface area contributed by atoms with Gasteiger partial charge in [-0.3, -0.25) is 4.90 Å². The molecule has 0 radical (unpaired) electrons. The van der Waals surface area contributed by atoms with Gasteiger partial charge < -0.3 is 4.74 Å². The van der Waals surface area contributed by atoms with E-state index in [-0.39, 0.29) is 6.09 Å². The van der Waals surface area contributed by atoms with E-state index in [4.69, 9.17) is 4.74 Å². The first-order valence-corrected chi connectivity index (χ1v) is 7.08. The van der Waals surface area contributed by atoms with Crippen LogP contribution in [0.15, 0.2) is 24.3 Å². The van der Waals surface area contributed by atoms with E-state index in [1.54, 1.807) is 0 Å². The Hall–Kier alpha value is -1.51.